The van der Waals surface area contributed by atoms with E-state index in [4.69, 9.17) is 4.42 Å². The number of benzene rings is 2. The molecule has 2 aromatic carbocycles. The van der Waals surface area contributed by atoms with Gasteiger partial charge in [-0.2, -0.15) is 0 Å². The Morgan fingerprint density at radius 3 is 2.46 bits per heavy atom. The van der Waals surface area contributed by atoms with E-state index in [1.807, 2.05) is 75.3 Å². The number of aromatic nitrogens is 1. The molecule has 0 bridgehead atoms. The molecule has 5 nitrogen and oxygen atoms in total. The van der Waals surface area contributed by atoms with Gasteiger partial charge in [-0.1, -0.05) is 13.8 Å². The SMILES string of the molecule is CC(C)C(=O)Nc1ccc2oc(-c3ccc(N(C)C)cc3)nc2c1. The lowest BCUT2D eigenvalue weighted by molar-refractivity contribution is -0.118. The number of nitrogens with zero attached hydrogens (tertiary/aromatic N) is 2. The lowest BCUT2D eigenvalue weighted by Gasteiger charge is -2.11. The van der Waals surface area contributed by atoms with Crippen molar-refractivity contribution in [1.29, 1.82) is 0 Å². The van der Waals surface area contributed by atoms with Crippen molar-refractivity contribution >= 4 is 28.4 Å². The minimum atomic E-state index is -0.0659. The molecule has 1 amide bonds. The predicted octanol–water partition coefficient (Wildman–Crippen LogP) is 4.16. The van der Waals surface area contributed by atoms with Crippen molar-refractivity contribution in [2.75, 3.05) is 24.3 Å². The number of carbonyl (C=O) groups is 1. The Hall–Kier alpha value is -2.82. The highest BCUT2D eigenvalue weighted by Gasteiger charge is 2.11. The van der Waals surface area contributed by atoms with E-state index in [2.05, 4.69) is 10.3 Å². The number of hydrogen-bond acceptors (Lipinski definition) is 4. The molecule has 0 atom stereocenters. The Kier molecular flexibility index (Phi) is 4.25. The Morgan fingerprint density at radius 1 is 1.12 bits per heavy atom. The van der Waals surface area contributed by atoms with Crippen LogP contribution in [0.15, 0.2) is 46.9 Å². The molecule has 0 spiro atoms. The predicted molar refractivity (Wildman–Crippen MR) is 97.2 cm³/mol. The molecule has 3 rings (SSSR count). The van der Waals surface area contributed by atoms with Crippen LogP contribution in [0.2, 0.25) is 0 Å². The molecule has 1 N–H and O–H groups in total. The third-order valence-electron chi connectivity index (χ3n) is 3.81. The van der Waals surface area contributed by atoms with Gasteiger partial charge in [-0.15, -0.1) is 0 Å². The minimum Gasteiger partial charge on any atom is -0.436 e. The summed E-state index contributed by atoms with van der Waals surface area (Å²) in [5, 5.41) is 2.88. The molecule has 0 aliphatic heterocycles. The number of carbonyl (C=O) groups excluding carboxylic acids is 1. The summed E-state index contributed by atoms with van der Waals surface area (Å²) in [6, 6.07) is 13.5. The zero-order valence-corrected chi connectivity index (χ0v) is 14.3. The number of fused-ring (bicyclic) bond motifs is 1. The Bertz CT molecular complexity index is 864. The van der Waals surface area contributed by atoms with E-state index in [0.717, 1.165) is 22.5 Å². The lowest BCUT2D eigenvalue weighted by atomic mass is 10.2. The molecule has 0 aliphatic rings. The van der Waals surface area contributed by atoms with Gasteiger partial charge in [-0.3, -0.25) is 4.79 Å². The van der Waals surface area contributed by atoms with Crippen LogP contribution in [0, 0.1) is 5.92 Å². The van der Waals surface area contributed by atoms with Crippen LogP contribution in [0.4, 0.5) is 11.4 Å². The van der Waals surface area contributed by atoms with E-state index in [-0.39, 0.29) is 11.8 Å². The molecule has 0 saturated carbocycles. The molecule has 0 radical (unpaired) electrons. The Balaban J connectivity index is 1.89. The van der Waals surface area contributed by atoms with Gasteiger partial charge < -0.3 is 14.6 Å². The van der Waals surface area contributed by atoms with Gasteiger partial charge in [0.1, 0.15) is 5.52 Å². The topological polar surface area (TPSA) is 58.4 Å². The maximum absolute atomic E-state index is 11.8. The number of anilines is 2. The van der Waals surface area contributed by atoms with Gasteiger partial charge in [0.15, 0.2) is 5.58 Å². The van der Waals surface area contributed by atoms with Crippen LogP contribution in [0.1, 0.15) is 13.8 Å². The Morgan fingerprint density at radius 2 is 1.83 bits per heavy atom. The number of amides is 1. The van der Waals surface area contributed by atoms with Gasteiger partial charge in [0.05, 0.1) is 0 Å². The number of nitrogens with one attached hydrogen (secondary N) is 1. The molecule has 3 aromatic rings. The quantitative estimate of drug-likeness (QED) is 0.783. The molecule has 124 valence electrons. The molecular weight excluding hydrogens is 302 g/mol. The Labute approximate surface area is 141 Å². The molecule has 24 heavy (non-hydrogen) atoms. The van der Waals surface area contributed by atoms with Gasteiger partial charge >= 0.3 is 0 Å². The van der Waals surface area contributed by atoms with E-state index in [1.54, 1.807) is 0 Å². The minimum absolute atomic E-state index is 0.0163. The van der Waals surface area contributed by atoms with Gasteiger partial charge in [0.2, 0.25) is 11.8 Å². The molecule has 0 aliphatic carbocycles. The number of oxazole rings is 1. The first kappa shape index (κ1) is 16.1. The van der Waals surface area contributed by atoms with Crippen LogP contribution < -0.4 is 10.2 Å². The second-order valence-corrected chi connectivity index (χ2v) is 6.29. The highest BCUT2D eigenvalue weighted by Crippen LogP contribution is 2.27. The molecule has 5 heteroatoms. The molecule has 1 aromatic heterocycles. The second kappa shape index (κ2) is 6.35. The fourth-order valence-electron chi connectivity index (χ4n) is 2.32. The van der Waals surface area contributed by atoms with Crippen molar-refractivity contribution in [2.45, 2.75) is 13.8 Å². The van der Waals surface area contributed by atoms with Gasteiger partial charge in [0, 0.05) is 37.0 Å². The van der Waals surface area contributed by atoms with Gasteiger partial charge in [-0.05, 0) is 42.5 Å². The summed E-state index contributed by atoms with van der Waals surface area (Å²) in [5.41, 5.74) is 4.19. The standard InChI is InChI=1S/C19H21N3O2/c1-12(2)18(23)20-14-7-10-17-16(11-14)21-19(24-17)13-5-8-15(9-6-13)22(3)4/h5-12H,1-4H3,(H,20,23). The third-order valence-corrected chi connectivity index (χ3v) is 3.81. The summed E-state index contributed by atoms with van der Waals surface area (Å²) in [6.45, 7) is 3.72. The summed E-state index contributed by atoms with van der Waals surface area (Å²) in [4.78, 5) is 18.4. The number of hydrogen-bond donors (Lipinski definition) is 1. The van der Waals surface area contributed by atoms with E-state index in [9.17, 15) is 4.79 Å². The second-order valence-electron chi connectivity index (χ2n) is 6.29. The smallest absolute Gasteiger partial charge is 0.227 e. The lowest BCUT2D eigenvalue weighted by Crippen LogP contribution is -2.17. The van der Waals surface area contributed by atoms with Crippen LogP contribution in [0.5, 0.6) is 0 Å². The van der Waals surface area contributed by atoms with Gasteiger partial charge in [0.25, 0.3) is 0 Å². The largest absolute Gasteiger partial charge is 0.436 e. The van der Waals surface area contributed by atoms with Crippen molar-refractivity contribution in [3.8, 4) is 11.5 Å². The zero-order chi connectivity index (χ0) is 17.3. The highest BCUT2D eigenvalue weighted by molar-refractivity contribution is 5.94. The normalized spacial score (nSPS) is 11.0. The summed E-state index contributed by atoms with van der Waals surface area (Å²) in [6.07, 6.45) is 0. The highest BCUT2D eigenvalue weighted by atomic mass is 16.3. The van der Waals surface area contributed by atoms with Crippen molar-refractivity contribution in [3.63, 3.8) is 0 Å². The van der Waals surface area contributed by atoms with Crippen molar-refractivity contribution in [2.24, 2.45) is 5.92 Å². The van der Waals surface area contributed by atoms with Crippen LogP contribution >= 0.6 is 0 Å². The van der Waals surface area contributed by atoms with E-state index < -0.39 is 0 Å². The fraction of sp³-hybridized carbons (Fsp3) is 0.263. The van der Waals surface area contributed by atoms with E-state index >= 15 is 0 Å². The van der Waals surface area contributed by atoms with Crippen LogP contribution in [0.3, 0.4) is 0 Å². The van der Waals surface area contributed by atoms with Crippen LogP contribution in [0.25, 0.3) is 22.6 Å². The molecule has 0 fully saturated rings. The number of rotatable bonds is 4. The molecular formula is C19H21N3O2. The van der Waals surface area contributed by atoms with Crippen LogP contribution in [-0.2, 0) is 4.79 Å². The summed E-state index contributed by atoms with van der Waals surface area (Å²) in [5.74, 6) is 0.490. The summed E-state index contributed by atoms with van der Waals surface area (Å²) < 4.78 is 5.82. The first-order chi connectivity index (χ1) is 11.4. The van der Waals surface area contributed by atoms with E-state index in [1.165, 1.54) is 0 Å². The summed E-state index contributed by atoms with van der Waals surface area (Å²) >= 11 is 0. The molecule has 0 unspecified atom stereocenters. The first-order valence-corrected chi connectivity index (χ1v) is 7.93. The monoisotopic (exact) mass is 323 g/mol. The van der Waals surface area contributed by atoms with E-state index in [0.29, 0.717) is 11.5 Å². The maximum Gasteiger partial charge on any atom is 0.227 e. The van der Waals surface area contributed by atoms with Crippen molar-refractivity contribution < 1.29 is 9.21 Å². The van der Waals surface area contributed by atoms with Crippen molar-refractivity contribution in [1.82, 2.24) is 4.98 Å². The third kappa shape index (κ3) is 3.25. The fourth-order valence-corrected chi connectivity index (χ4v) is 2.32. The summed E-state index contributed by atoms with van der Waals surface area (Å²) in [7, 11) is 4.00. The maximum atomic E-state index is 11.8. The average molecular weight is 323 g/mol. The van der Waals surface area contributed by atoms with Crippen molar-refractivity contribution in [3.05, 3.63) is 42.5 Å². The van der Waals surface area contributed by atoms with Crippen LogP contribution in [-0.4, -0.2) is 25.0 Å². The average Bonchev–Trinajstić information content (AvgIpc) is 2.98. The first-order valence-electron chi connectivity index (χ1n) is 7.93. The molecule has 1 heterocycles. The zero-order valence-electron chi connectivity index (χ0n) is 14.3. The molecule has 0 saturated heterocycles. The van der Waals surface area contributed by atoms with Gasteiger partial charge in [-0.25, -0.2) is 4.98 Å².